The predicted octanol–water partition coefficient (Wildman–Crippen LogP) is 4.42. The van der Waals surface area contributed by atoms with Crippen LogP contribution in [0, 0.1) is 11.8 Å². The minimum Gasteiger partial charge on any atom is -0.396 e. The molecule has 3 unspecified atom stereocenters. The van der Waals surface area contributed by atoms with Gasteiger partial charge in [0, 0.05) is 57.2 Å². The third kappa shape index (κ3) is 24.6. The van der Waals surface area contributed by atoms with Crippen molar-refractivity contribution in [2.45, 2.75) is 98.8 Å². The molecule has 0 spiro atoms. The summed E-state index contributed by atoms with van der Waals surface area (Å²) in [4.78, 5) is 11.5. The van der Waals surface area contributed by atoms with Crippen LogP contribution >= 0.6 is 11.8 Å². The second-order valence-electron chi connectivity index (χ2n) is 10.3. The number of hydrogen-bond acceptors (Lipinski definition) is 10. The van der Waals surface area contributed by atoms with Gasteiger partial charge in [0.05, 0.1) is 18.5 Å². The molecule has 0 aromatic carbocycles. The maximum absolute atomic E-state index is 11.9. The monoisotopic (exact) mass is 676 g/mol. The van der Waals surface area contributed by atoms with Crippen LogP contribution in [0.3, 0.4) is 0 Å². The number of thioether (sulfide) groups is 1. The summed E-state index contributed by atoms with van der Waals surface area (Å²) in [7, 11) is -5.88. The second-order valence-corrected chi connectivity index (χ2v) is 16.4. The first-order valence-corrected chi connectivity index (χ1v) is 20.6. The van der Waals surface area contributed by atoms with Gasteiger partial charge < -0.3 is 33.2 Å². The molecular formula is C29H64N2O9S2Si. The number of hydrogen-bond donors (Lipinski definition) is 3. The highest BCUT2D eigenvalue weighted by atomic mass is 32.2. The molecule has 11 nitrogen and oxygen atoms in total. The van der Waals surface area contributed by atoms with Crippen molar-refractivity contribution in [3.63, 3.8) is 0 Å². The van der Waals surface area contributed by atoms with Crippen molar-refractivity contribution in [1.29, 1.82) is 0 Å². The van der Waals surface area contributed by atoms with E-state index in [1.54, 1.807) is 6.92 Å². The number of amides is 1. The minimum atomic E-state index is -3.22. The molecule has 0 bridgehead atoms. The highest BCUT2D eigenvalue weighted by molar-refractivity contribution is 7.99. The molecule has 3 atom stereocenters. The molecule has 43 heavy (non-hydrogen) atoms. The van der Waals surface area contributed by atoms with E-state index in [-0.39, 0.29) is 30.5 Å². The van der Waals surface area contributed by atoms with Crippen LogP contribution in [0.25, 0.3) is 0 Å². The molecule has 3 N–H and O–H groups in total. The third-order valence-electron chi connectivity index (χ3n) is 6.56. The van der Waals surface area contributed by atoms with Crippen molar-refractivity contribution in [3.05, 3.63) is 0 Å². The fourth-order valence-corrected chi connectivity index (χ4v) is 8.33. The van der Waals surface area contributed by atoms with Gasteiger partial charge >= 0.3 is 8.80 Å². The van der Waals surface area contributed by atoms with Crippen LogP contribution in [0.1, 0.15) is 87.5 Å². The van der Waals surface area contributed by atoms with Crippen molar-refractivity contribution in [1.82, 2.24) is 10.0 Å². The molecule has 0 aliphatic heterocycles. The summed E-state index contributed by atoms with van der Waals surface area (Å²) in [6.45, 7) is 19.7. The maximum atomic E-state index is 11.9. The molecule has 0 fully saturated rings. The lowest BCUT2D eigenvalue weighted by Crippen LogP contribution is -2.46. The van der Waals surface area contributed by atoms with Crippen molar-refractivity contribution in [3.8, 4) is 0 Å². The number of carbonyl (C=O) groups is 1. The Morgan fingerprint density at radius 1 is 0.884 bits per heavy atom. The number of ether oxygens (including phenoxy) is 2. The van der Waals surface area contributed by atoms with Crippen LogP contribution in [-0.4, -0.2) is 105 Å². The quantitative estimate of drug-likeness (QED) is 0.0620. The van der Waals surface area contributed by atoms with Gasteiger partial charge in [0.2, 0.25) is 15.9 Å². The molecular weight excluding hydrogens is 613 g/mol. The summed E-state index contributed by atoms with van der Waals surface area (Å²) in [6.07, 6.45) is 4.06. The number of aliphatic hydroxyl groups excluding tert-OH is 1. The summed E-state index contributed by atoms with van der Waals surface area (Å²) in [5.41, 5.74) is 0. The first kappa shape index (κ1) is 44.8. The molecule has 0 radical (unpaired) electrons. The Balaban J connectivity index is 0. The zero-order valence-corrected chi connectivity index (χ0v) is 30.9. The first-order chi connectivity index (χ1) is 20.5. The van der Waals surface area contributed by atoms with Gasteiger partial charge in [0.25, 0.3) is 0 Å². The van der Waals surface area contributed by atoms with E-state index >= 15 is 0 Å². The second kappa shape index (κ2) is 29.1. The fourth-order valence-electron chi connectivity index (χ4n) is 3.59. The Labute approximate surface area is 268 Å². The van der Waals surface area contributed by atoms with Crippen LogP contribution in [0.4, 0.5) is 0 Å². The Bertz CT molecular complexity index is 734. The molecule has 0 aromatic rings. The third-order valence-corrected chi connectivity index (χ3v) is 13.0. The predicted molar refractivity (Wildman–Crippen MR) is 179 cm³/mol. The number of rotatable bonds is 28. The highest BCUT2D eigenvalue weighted by Gasteiger charge is 2.39. The molecule has 0 heterocycles. The van der Waals surface area contributed by atoms with Crippen molar-refractivity contribution >= 4 is 36.5 Å². The van der Waals surface area contributed by atoms with Gasteiger partial charge in [0.15, 0.2) is 0 Å². The van der Waals surface area contributed by atoms with E-state index in [0.717, 1.165) is 30.8 Å². The molecule has 14 heteroatoms. The van der Waals surface area contributed by atoms with Crippen LogP contribution in [0.5, 0.6) is 0 Å². The summed E-state index contributed by atoms with van der Waals surface area (Å²) in [5.74, 6) is 2.85. The Hall–Kier alpha value is -0.293. The van der Waals surface area contributed by atoms with E-state index in [9.17, 15) is 13.2 Å². The fraction of sp³-hybridized carbons (Fsp3) is 0.966. The first-order valence-electron chi connectivity index (χ1n) is 16.0. The van der Waals surface area contributed by atoms with E-state index in [0.29, 0.717) is 70.9 Å². The van der Waals surface area contributed by atoms with E-state index < -0.39 is 18.8 Å². The topological polar surface area (TPSA) is 142 Å². The van der Waals surface area contributed by atoms with Gasteiger partial charge in [0.1, 0.15) is 6.79 Å². The van der Waals surface area contributed by atoms with Gasteiger partial charge in [-0.3, -0.25) is 4.79 Å². The van der Waals surface area contributed by atoms with Crippen molar-refractivity contribution in [2.24, 2.45) is 11.8 Å². The Morgan fingerprint density at radius 2 is 1.49 bits per heavy atom. The average molecular weight is 677 g/mol. The number of sulfonamides is 1. The number of carbonyl (C=O) groups excluding carboxylic acids is 1. The molecule has 0 saturated heterocycles. The molecule has 0 saturated carbocycles. The van der Waals surface area contributed by atoms with Crippen LogP contribution in [-0.2, 0) is 37.6 Å². The van der Waals surface area contributed by atoms with Crippen molar-refractivity contribution in [2.75, 3.05) is 71.0 Å². The van der Waals surface area contributed by atoms with Crippen LogP contribution in [0.15, 0.2) is 0 Å². The normalized spacial score (nSPS) is 14.1. The van der Waals surface area contributed by atoms with Gasteiger partial charge in [-0.1, -0.05) is 27.7 Å². The van der Waals surface area contributed by atoms with Crippen molar-refractivity contribution < 1.29 is 41.1 Å². The highest BCUT2D eigenvalue weighted by Crippen LogP contribution is 2.18. The lowest BCUT2D eigenvalue weighted by Gasteiger charge is -2.28. The Kier molecular flexibility index (Phi) is 30.4. The summed E-state index contributed by atoms with van der Waals surface area (Å²) < 4.78 is 54.2. The summed E-state index contributed by atoms with van der Waals surface area (Å²) >= 11 is 1.87. The van der Waals surface area contributed by atoms with E-state index in [4.69, 9.17) is 27.9 Å². The molecule has 0 rings (SSSR count). The summed E-state index contributed by atoms with van der Waals surface area (Å²) in [5, 5.41) is 11.2. The lowest BCUT2D eigenvalue weighted by molar-refractivity contribution is -0.125. The number of nitrogens with one attached hydrogen (secondary N) is 2. The van der Waals surface area contributed by atoms with Gasteiger partial charge in [-0.15, -0.1) is 0 Å². The molecule has 0 aromatic heterocycles. The largest absolute Gasteiger partial charge is 0.500 e. The van der Waals surface area contributed by atoms with Gasteiger partial charge in [-0.05, 0) is 71.5 Å². The van der Waals surface area contributed by atoms with E-state index in [1.165, 1.54) is 0 Å². The SMILES string of the molecule is CCC(C)C(=O)NCCOCOCCSCC(C)CCCO.CCO[Si](CCCNS(=O)(=O)C(C)CC)(OCC)OCC. The molecule has 0 aliphatic rings. The maximum Gasteiger partial charge on any atom is 0.500 e. The van der Waals surface area contributed by atoms with Crippen LogP contribution < -0.4 is 10.0 Å². The number of aliphatic hydroxyl groups is 1. The molecule has 260 valence electrons. The Morgan fingerprint density at radius 3 is 2.02 bits per heavy atom. The summed E-state index contributed by atoms with van der Waals surface area (Å²) in [6, 6.07) is 0.617. The van der Waals surface area contributed by atoms with Gasteiger partial charge in [-0.2, -0.15) is 11.8 Å². The standard InChI is InChI=1S/C16H33NO4S.C13H31NO5SSi/c1-4-15(3)16(19)17-7-9-20-13-21-10-11-22-12-14(2)6-5-8-18;1-6-13(5)20(15,16)14-11-10-12-21(17-7-2,18-8-3)19-9-4/h14-15,18H,4-13H2,1-3H3,(H,17,19);13-14H,6-12H2,1-5H3. The zero-order valence-electron chi connectivity index (χ0n) is 28.3. The van der Waals surface area contributed by atoms with E-state index in [2.05, 4.69) is 17.0 Å². The van der Waals surface area contributed by atoms with E-state index in [1.807, 2.05) is 53.3 Å². The zero-order chi connectivity index (χ0) is 33.0. The smallest absolute Gasteiger partial charge is 0.396 e. The average Bonchev–Trinajstić information content (AvgIpc) is 2.98. The molecule has 1 amide bonds. The minimum absolute atomic E-state index is 0.0630. The van der Waals surface area contributed by atoms with Crippen LogP contribution in [0.2, 0.25) is 6.04 Å². The lowest BCUT2D eigenvalue weighted by atomic mass is 10.1. The molecule has 0 aliphatic carbocycles. The van der Waals surface area contributed by atoms with Gasteiger partial charge in [-0.25, -0.2) is 13.1 Å².